The van der Waals surface area contributed by atoms with Crippen LogP contribution in [0.15, 0.2) is 35.1 Å². The molecular formula is C12H13N5O. The minimum absolute atomic E-state index is 0.585. The summed E-state index contributed by atoms with van der Waals surface area (Å²) in [6, 6.07) is 6.00. The first-order valence-corrected chi connectivity index (χ1v) is 5.74. The van der Waals surface area contributed by atoms with Crippen molar-refractivity contribution >= 4 is 5.52 Å². The van der Waals surface area contributed by atoms with Gasteiger partial charge in [-0.3, -0.25) is 0 Å². The Kier molecular flexibility index (Phi) is 2.77. The Bertz CT molecular complexity index is 657. The molecule has 0 aliphatic heterocycles. The molecule has 6 nitrogen and oxygen atoms in total. The standard InChI is InChI=1S/C12H13N5O/c1-9-15-12(16-18-9)8-13-6-10-7-14-17-5-3-2-4-11(10)17/h2-5,7,13H,6,8H2,1H3. The summed E-state index contributed by atoms with van der Waals surface area (Å²) in [5, 5.41) is 11.4. The van der Waals surface area contributed by atoms with E-state index in [0.717, 1.165) is 17.6 Å². The molecule has 0 spiro atoms. The number of nitrogens with zero attached hydrogens (tertiary/aromatic N) is 4. The molecule has 0 fully saturated rings. The highest BCUT2D eigenvalue weighted by molar-refractivity contribution is 5.53. The number of rotatable bonds is 4. The zero-order valence-electron chi connectivity index (χ0n) is 10.00. The van der Waals surface area contributed by atoms with Gasteiger partial charge in [0.05, 0.1) is 18.3 Å². The van der Waals surface area contributed by atoms with Crippen molar-refractivity contribution in [3.05, 3.63) is 47.9 Å². The van der Waals surface area contributed by atoms with Crippen LogP contribution in [0, 0.1) is 6.92 Å². The number of fused-ring (bicyclic) bond motifs is 1. The Morgan fingerprint density at radius 2 is 2.28 bits per heavy atom. The van der Waals surface area contributed by atoms with Gasteiger partial charge in [-0.1, -0.05) is 11.2 Å². The van der Waals surface area contributed by atoms with Gasteiger partial charge in [0.25, 0.3) is 0 Å². The minimum atomic E-state index is 0.585. The van der Waals surface area contributed by atoms with E-state index in [-0.39, 0.29) is 0 Å². The van der Waals surface area contributed by atoms with Gasteiger partial charge >= 0.3 is 0 Å². The second kappa shape index (κ2) is 4.58. The van der Waals surface area contributed by atoms with Gasteiger partial charge < -0.3 is 9.84 Å². The predicted octanol–water partition coefficient (Wildman–Crippen LogP) is 1.32. The third-order valence-electron chi connectivity index (χ3n) is 2.67. The van der Waals surface area contributed by atoms with E-state index < -0.39 is 0 Å². The number of aryl methyl sites for hydroxylation is 1. The van der Waals surface area contributed by atoms with Gasteiger partial charge in [0.2, 0.25) is 5.89 Å². The molecule has 0 amide bonds. The fraction of sp³-hybridized carbons (Fsp3) is 0.250. The van der Waals surface area contributed by atoms with Crippen molar-refractivity contribution in [1.82, 2.24) is 25.1 Å². The molecular weight excluding hydrogens is 230 g/mol. The molecule has 6 heteroatoms. The van der Waals surface area contributed by atoms with Gasteiger partial charge in [-0.2, -0.15) is 10.1 Å². The molecule has 0 aromatic carbocycles. The zero-order valence-corrected chi connectivity index (χ0v) is 10.00. The third-order valence-corrected chi connectivity index (χ3v) is 2.67. The van der Waals surface area contributed by atoms with Crippen LogP contribution in [0.2, 0.25) is 0 Å². The third kappa shape index (κ3) is 2.10. The van der Waals surface area contributed by atoms with Crippen LogP contribution in [-0.2, 0) is 13.1 Å². The highest BCUT2D eigenvalue weighted by atomic mass is 16.5. The summed E-state index contributed by atoms with van der Waals surface area (Å²) in [4.78, 5) is 4.13. The predicted molar refractivity (Wildman–Crippen MR) is 64.8 cm³/mol. The summed E-state index contributed by atoms with van der Waals surface area (Å²) >= 11 is 0. The van der Waals surface area contributed by atoms with E-state index in [0.29, 0.717) is 18.3 Å². The molecule has 92 valence electrons. The molecule has 0 aliphatic carbocycles. The maximum atomic E-state index is 4.90. The van der Waals surface area contributed by atoms with E-state index in [1.54, 1.807) is 6.92 Å². The Morgan fingerprint density at radius 3 is 3.11 bits per heavy atom. The van der Waals surface area contributed by atoms with Crippen LogP contribution in [0.25, 0.3) is 5.52 Å². The number of pyridine rings is 1. The lowest BCUT2D eigenvalue weighted by Gasteiger charge is -2.00. The number of nitrogens with one attached hydrogen (secondary N) is 1. The Labute approximate surface area is 104 Å². The fourth-order valence-electron chi connectivity index (χ4n) is 1.85. The maximum Gasteiger partial charge on any atom is 0.223 e. The lowest BCUT2D eigenvalue weighted by Crippen LogP contribution is -2.13. The monoisotopic (exact) mass is 243 g/mol. The summed E-state index contributed by atoms with van der Waals surface area (Å²) in [5.74, 6) is 1.26. The van der Waals surface area contributed by atoms with Crippen LogP contribution in [-0.4, -0.2) is 19.8 Å². The number of hydrogen-bond acceptors (Lipinski definition) is 5. The van der Waals surface area contributed by atoms with Gasteiger partial charge in [-0.25, -0.2) is 4.52 Å². The summed E-state index contributed by atoms with van der Waals surface area (Å²) in [6.07, 6.45) is 3.80. The van der Waals surface area contributed by atoms with E-state index in [2.05, 4.69) is 20.6 Å². The molecule has 1 N–H and O–H groups in total. The molecule has 0 aliphatic rings. The van der Waals surface area contributed by atoms with Crippen LogP contribution >= 0.6 is 0 Å². The second-order valence-corrected chi connectivity index (χ2v) is 4.03. The van der Waals surface area contributed by atoms with E-state index in [1.807, 2.05) is 35.1 Å². The van der Waals surface area contributed by atoms with E-state index >= 15 is 0 Å². The van der Waals surface area contributed by atoms with E-state index in [1.165, 1.54) is 0 Å². The first kappa shape index (κ1) is 10.9. The zero-order chi connectivity index (χ0) is 12.4. The van der Waals surface area contributed by atoms with Crippen LogP contribution in [0.4, 0.5) is 0 Å². The molecule has 3 rings (SSSR count). The van der Waals surface area contributed by atoms with Crippen molar-refractivity contribution in [3.8, 4) is 0 Å². The molecule has 3 heterocycles. The Balaban J connectivity index is 1.66. The van der Waals surface area contributed by atoms with Gasteiger partial charge in [0.1, 0.15) is 0 Å². The van der Waals surface area contributed by atoms with Gasteiger partial charge in [0, 0.05) is 25.2 Å². The molecule has 0 saturated carbocycles. The lowest BCUT2D eigenvalue weighted by molar-refractivity contribution is 0.385. The van der Waals surface area contributed by atoms with Gasteiger partial charge in [0.15, 0.2) is 5.82 Å². The lowest BCUT2D eigenvalue weighted by atomic mass is 10.2. The van der Waals surface area contributed by atoms with Crippen LogP contribution in [0.5, 0.6) is 0 Å². The SMILES string of the molecule is Cc1nc(CNCc2cnn3ccccc23)no1. The van der Waals surface area contributed by atoms with Crippen molar-refractivity contribution in [2.45, 2.75) is 20.0 Å². The number of hydrogen-bond donors (Lipinski definition) is 1. The summed E-state index contributed by atoms with van der Waals surface area (Å²) < 4.78 is 6.76. The summed E-state index contributed by atoms with van der Waals surface area (Å²) in [6.45, 7) is 3.09. The van der Waals surface area contributed by atoms with Crippen molar-refractivity contribution in [2.24, 2.45) is 0 Å². The Morgan fingerprint density at radius 1 is 1.33 bits per heavy atom. The van der Waals surface area contributed by atoms with E-state index in [9.17, 15) is 0 Å². The summed E-state index contributed by atoms with van der Waals surface area (Å²) in [7, 11) is 0. The van der Waals surface area contributed by atoms with E-state index in [4.69, 9.17) is 4.52 Å². The maximum absolute atomic E-state index is 4.90. The van der Waals surface area contributed by atoms with Crippen molar-refractivity contribution in [2.75, 3.05) is 0 Å². The van der Waals surface area contributed by atoms with Crippen LogP contribution in [0.1, 0.15) is 17.3 Å². The van der Waals surface area contributed by atoms with Crippen LogP contribution in [0.3, 0.4) is 0 Å². The smallest absolute Gasteiger partial charge is 0.223 e. The van der Waals surface area contributed by atoms with Crippen molar-refractivity contribution in [3.63, 3.8) is 0 Å². The quantitative estimate of drug-likeness (QED) is 0.748. The highest BCUT2D eigenvalue weighted by Crippen LogP contribution is 2.09. The largest absolute Gasteiger partial charge is 0.340 e. The van der Waals surface area contributed by atoms with Crippen molar-refractivity contribution in [1.29, 1.82) is 0 Å². The second-order valence-electron chi connectivity index (χ2n) is 4.03. The molecule has 0 radical (unpaired) electrons. The normalized spacial score (nSPS) is 11.2. The van der Waals surface area contributed by atoms with Gasteiger partial charge in [-0.05, 0) is 12.1 Å². The van der Waals surface area contributed by atoms with Crippen molar-refractivity contribution < 1.29 is 4.52 Å². The summed E-state index contributed by atoms with van der Waals surface area (Å²) in [5.41, 5.74) is 2.25. The first-order valence-electron chi connectivity index (χ1n) is 5.74. The first-order chi connectivity index (χ1) is 8.83. The average molecular weight is 243 g/mol. The average Bonchev–Trinajstić information content (AvgIpc) is 2.97. The minimum Gasteiger partial charge on any atom is -0.340 e. The topological polar surface area (TPSA) is 68.2 Å². The van der Waals surface area contributed by atoms with Crippen LogP contribution < -0.4 is 5.32 Å². The molecule has 0 saturated heterocycles. The molecule has 3 aromatic rings. The molecule has 0 unspecified atom stereocenters. The fourth-order valence-corrected chi connectivity index (χ4v) is 1.85. The molecule has 18 heavy (non-hydrogen) atoms. The molecule has 3 aromatic heterocycles. The van der Waals surface area contributed by atoms with Gasteiger partial charge in [-0.15, -0.1) is 0 Å². The Hall–Kier alpha value is -2.21. The number of aromatic nitrogens is 4. The molecule has 0 bridgehead atoms. The molecule has 0 atom stereocenters. The highest BCUT2D eigenvalue weighted by Gasteiger charge is 2.04.